The number of ether oxygens (including phenoxy) is 1. The average Bonchev–Trinajstić information content (AvgIpc) is 2.95. The van der Waals surface area contributed by atoms with Gasteiger partial charge in [0.05, 0.1) is 5.57 Å². The predicted molar refractivity (Wildman–Crippen MR) is 104 cm³/mol. The molecule has 0 unspecified atom stereocenters. The standard InChI is InChI=1S/C24H18O2/c1-17(16-18-10-4-2-5-11-18)26-24-21-15-9-8-14-20(21)23(25)22(24)19-12-6-3-7-13-19/h2-15H,1,16H2. The van der Waals surface area contributed by atoms with E-state index in [9.17, 15) is 4.79 Å². The first kappa shape index (κ1) is 16.1. The SMILES string of the molecule is C=C(Cc1ccccc1)OC1=C(c2ccccc2)C(=O)c2ccccc21. The second-order valence-corrected chi connectivity index (χ2v) is 6.25. The average molecular weight is 338 g/mol. The molecule has 0 saturated carbocycles. The van der Waals surface area contributed by atoms with Crippen LogP contribution in [-0.4, -0.2) is 5.78 Å². The maximum Gasteiger partial charge on any atom is 0.198 e. The lowest BCUT2D eigenvalue weighted by molar-refractivity contribution is 0.105. The van der Waals surface area contributed by atoms with Crippen LogP contribution in [0.5, 0.6) is 0 Å². The van der Waals surface area contributed by atoms with E-state index in [1.54, 1.807) is 0 Å². The van der Waals surface area contributed by atoms with E-state index >= 15 is 0 Å². The van der Waals surface area contributed by atoms with Crippen LogP contribution in [0, 0.1) is 0 Å². The van der Waals surface area contributed by atoms with Crippen molar-refractivity contribution >= 4 is 17.1 Å². The van der Waals surface area contributed by atoms with E-state index in [-0.39, 0.29) is 5.78 Å². The zero-order valence-electron chi connectivity index (χ0n) is 14.3. The van der Waals surface area contributed by atoms with Crippen LogP contribution in [0.15, 0.2) is 97.3 Å². The lowest BCUT2D eigenvalue weighted by Gasteiger charge is -2.13. The van der Waals surface area contributed by atoms with Crippen LogP contribution in [0.25, 0.3) is 11.3 Å². The Morgan fingerprint density at radius 3 is 2.04 bits per heavy atom. The molecule has 0 spiro atoms. The molecule has 26 heavy (non-hydrogen) atoms. The van der Waals surface area contributed by atoms with E-state index < -0.39 is 0 Å². The van der Waals surface area contributed by atoms with Gasteiger partial charge in [0, 0.05) is 17.5 Å². The first-order valence-corrected chi connectivity index (χ1v) is 8.57. The summed E-state index contributed by atoms with van der Waals surface area (Å²) in [5, 5.41) is 0. The molecule has 2 nitrogen and oxygen atoms in total. The lowest BCUT2D eigenvalue weighted by atomic mass is 10.0. The van der Waals surface area contributed by atoms with Crippen LogP contribution in [0.4, 0.5) is 0 Å². The Balaban J connectivity index is 1.72. The smallest absolute Gasteiger partial charge is 0.198 e. The van der Waals surface area contributed by atoms with E-state index in [2.05, 4.69) is 6.58 Å². The van der Waals surface area contributed by atoms with Crippen LogP contribution in [0.3, 0.4) is 0 Å². The fourth-order valence-corrected chi connectivity index (χ4v) is 3.23. The van der Waals surface area contributed by atoms with Crippen molar-refractivity contribution in [3.05, 3.63) is 120 Å². The minimum absolute atomic E-state index is 0.00527. The van der Waals surface area contributed by atoms with Gasteiger partial charge in [-0.25, -0.2) is 0 Å². The molecule has 2 heteroatoms. The van der Waals surface area contributed by atoms with Gasteiger partial charge < -0.3 is 4.74 Å². The number of Topliss-reactive ketones (excluding diaryl/α,β-unsaturated/α-hetero) is 1. The van der Waals surface area contributed by atoms with Gasteiger partial charge in [-0.2, -0.15) is 0 Å². The minimum Gasteiger partial charge on any atom is -0.461 e. The third kappa shape index (κ3) is 2.98. The van der Waals surface area contributed by atoms with E-state index in [1.807, 2.05) is 84.9 Å². The molecular weight excluding hydrogens is 320 g/mol. The molecular formula is C24H18O2. The summed E-state index contributed by atoms with van der Waals surface area (Å²) < 4.78 is 6.14. The van der Waals surface area contributed by atoms with E-state index in [1.165, 1.54) is 0 Å². The molecule has 0 N–H and O–H groups in total. The summed E-state index contributed by atoms with van der Waals surface area (Å²) in [5.41, 5.74) is 4.08. The van der Waals surface area contributed by atoms with Gasteiger partial charge in [-0.1, -0.05) is 91.5 Å². The molecule has 0 atom stereocenters. The largest absolute Gasteiger partial charge is 0.461 e. The molecule has 0 radical (unpaired) electrons. The van der Waals surface area contributed by atoms with Gasteiger partial charge in [0.15, 0.2) is 5.78 Å². The predicted octanol–water partition coefficient (Wildman–Crippen LogP) is 5.52. The normalized spacial score (nSPS) is 12.8. The van der Waals surface area contributed by atoms with Gasteiger partial charge in [0.1, 0.15) is 11.5 Å². The fraction of sp³-hybridized carbons (Fsp3) is 0.0417. The van der Waals surface area contributed by atoms with Crippen molar-refractivity contribution in [2.75, 3.05) is 0 Å². The number of hydrogen-bond donors (Lipinski definition) is 0. The molecule has 126 valence electrons. The monoisotopic (exact) mass is 338 g/mol. The number of carbonyl (C=O) groups excluding carboxylic acids is 1. The zero-order chi connectivity index (χ0) is 17.9. The number of rotatable bonds is 5. The lowest BCUT2D eigenvalue weighted by Crippen LogP contribution is -1.99. The highest BCUT2D eigenvalue weighted by Gasteiger charge is 2.32. The Morgan fingerprint density at radius 1 is 0.769 bits per heavy atom. The van der Waals surface area contributed by atoms with Gasteiger partial charge in [0.25, 0.3) is 0 Å². The van der Waals surface area contributed by atoms with E-state index in [0.29, 0.717) is 29.1 Å². The van der Waals surface area contributed by atoms with Crippen LogP contribution in [-0.2, 0) is 11.2 Å². The maximum atomic E-state index is 13.0. The second kappa shape index (κ2) is 6.85. The van der Waals surface area contributed by atoms with Crippen LogP contribution >= 0.6 is 0 Å². The van der Waals surface area contributed by atoms with Crippen molar-refractivity contribution in [3.8, 4) is 0 Å². The Kier molecular flexibility index (Phi) is 4.24. The first-order chi connectivity index (χ1) is 12.7. The molecule has 0 aliphatic heterocycles. The van der Waals surface area contributed by atoms with Crippen molar-refractivity contribution in [2.24, 2.45) is 0 Å². The van der Waals surface area contributed by atoms with Gasteiger partial charge in [0.2, 0.25) is 0 Å². The van der Waals surface area contributed by atoms with Crippen molar-refractivity contribution in [2.45, 2.75) is 6.42 Å². The number of ketones is 1. The van der Waals surface area contributed by atoms with Gasteiger partial charge in [-0.05, 0) is 11.1 Å². The van der Waals surface area contributed by atoms with E-state index in [4.69, 9.17) is 4.74 Å². The number of benzene rings is 3. The number of fused-ring (bicyclic) bond motifs is 1. The number of carbonyl (C=O) groups is 1. The molecule has 0 amide bonds. The van der Waals surface area contributed by atoms with Crippen LogP contribution in [0.2, 0.25) is 0 Å². The molecule has 0 fully saturated rings. The number of allylic oxidation sites excluding steroid dienone is 2. The highest BCUT2D eigenvalue weighted by molar-refractivity contribution is 6.39. The Bertz CT molecular complexity index is 999. The highest BCUT2D eigenvalue weighted by Crippen LogP contribution is 2.40. The second-order valence-electron chi connectivity index (χ2n) is 6.25. The summed E-state index contributed by atoms with van der Waals surface area (Å²) in [4.78, 5) is 13.0. The fourth-order valence-electron chi connectivity index (χ4n) is 3.23. The quantitative estimate of drug-likeness (QED) is 0.572. The summed E-state index contributed by atoms with van der Waals surface area (Å²) in [6.45, 7) is 4.07. The highest BCUT2D eigenvalue weighted by atomic mass is 16.5. The Labute approximate surface area is 153 Å². The third-order valence-corrected chi connectivity index (χ3v) is 4.42. The topological polar surface area (TPSA) is 26.3 Å². The van der Waals surface area contributed by atoms with Crippen LogP contribution < -0.4 is 0 Å². The first-order valence-electron chi connectivity index (χ1n) is 8.57. The van der Waals surface area contributed by atoms with Crippen molar-refractivity contribution in [3.63, 3.8) is 0 Å². The Hall–Kier alpha value is -3.39. The third-order valence-electron chi connectivity index (χ3n) is 4.42. The minimum atomic E-state index is -0.00527. The molecule has 3 aromatic carbocycles. The van der Waals surface area contributed by atoms with Gasteiger partial charge in [-0.15, -0.1) is 0 Å². The number of hydrogen-bond acceptors (Lipinski definition) is 2. The molecule has 1 aliphatic rings. The summed E-state index contributed by atoms with van der Waals surface area (Å²) >= 11 is 0. The molecule has 0 heterocycles. The van der Waals surface area contributed by atoms with Gasteiger partial charge in [-0.3, -0.25) is 4.79 Å². The van der Waals surface area contributed by atoms with Gasteiger partial charge >= 0.3 is 0 Å². The molecule has 1 aliphatic carbocycles. The van der Waals surface area contributed by atoms with Crippen molar-refractivity contribution < 1.29 is 9.53 Å². The molecule has 0 saturated heterocycles. The maximum absolute atomic E-state index is 13.0. The molecule has 0 aromatic heterocycles. The summed E-state index contributed by atoms with van der Waals surface area (Å²) in [6.07, 6.45) is 0.600. The summed E-state index contributed by atoms with van der Waals surface area (Å²) in [7, 11) is 0. The van der Waals surface area contributed by atoms with Crippen molar-refractivity contribution in [1.29, 1.82) is 0 Å². The zero-order valence-corrected chi connectivity index (χ0v) is 14.3. The molecule has 4 rings (SSSR count). The Morgan fingerprint density at radius 2 is 1.35 bits per heavy atom. The van der Waals surface area contributed by atoms with Crippen LogP contribution in [0.1, 0.15) is 27.0 Å². The van der Waals surface area contributed by atoms with Crippen molar-refractivity contribution in [1.82, 2.24) is 0 Å². The molecule has 0 bridgehead atoms. The summed E-state index contributed by atoms with van der Waals surface area (Å²) in [6, 6.07) is 27.3. The summed E-state index contributed by atoms with van der Waals surface area (Å²) in [5.74, 6) is 1.20. The molecule has 3 aromatic rings. The van der Waals surface area contributed by atoms with E-state index in [0.717, 1.165) is 16.7 Å².